The number of benzene rings is 1. The van der Waals surface area contributed by atoms with Gasteiger partial charge in [0.2, 0.25) is 4.96 Å². The lowest BCUT2D eigenvalue weighted by Crippen LogP contribution is -2.23. The van der Waals surface area contributed by atoms with Gasteiger partial charge in [0.1, 0.15) is 17.8 Å². The second-order valence-corrected chi connectivity index (χ2v) is 4.99. The average Bonchev–Trinajstić information content (AvgIpc) is 3.03. The Morgan fingerprint density at radius 2 is 2.15 bits per heavy atom. The maximum absolute atomic E-state index is 12.1. The van der Waals surface area contributed by atoms with E-state index in [0.717, 1.165) is 5.56 Å². The molecule has 0 fully saturated rings. The number of hydrogen-bond acceptors (Lipinski definition) is 6. The van der Waals surface area contributed by atoms with Crippen LogP contribution in [0, 0.1) is 0 Å². The second-order valence-electron chi connectivity index (χ2n) is 3.98. The third kappa shape index (κ3) is 2.01. The molecule has 0 bridgehead atoms. The first-order valence-corrected chi connectivity index (χ1v) is 6.61. The molecule has 0 N–H and O–H groups in total. The average molecular weight is 289 g/mol. The minimum absolute atomic E-state index is 0.188. The van der Waals surface area contributed by atoms with Gasteiger partial charge in [-0.1, -0.05) is 11.3 Å². The standard InChI is InChI=1S/C13H11N3O3S/c1-18-9-3-4-10(19-2)8(5-9)6-11-12(17)16-13(20-11)14-7-15-16/h3-7H,1-2H3/b11-6-. The molecule has 7 heteroatoms. The van der Waals surface area contributed by atoms with E-state index in [1.807, 2.05) is 6.07 Å². The van der Waals surface area contributed by atoms with Crippen LogP contribution >= 0.6 is 11.3 Å². The molecule has 0 aliphatic carbocycles. The summed E-state index contributed by atoms with van der Waals surface area (Å²) in [6.45, 7) is 0. The molecule has 20 heavy (non-hydrogen) atoms. The highest BCUT2D eigenvalue weighted by molar-refractivity contribution is 7.15. The Balaban J connectivity index is 2.22. The first-order valence-electron chi connectivity index (χ1n) is 5.79. The summed E-state index contributed by atoms with van der Waals surface area (Å²) in [5.74, 6) is 1.37. The van der Waals surface area contributed by atoms with Gasteiger partial charge in [-0.15, -0.1) is 0 Å². The Labute approximate surface area is 117 Å². The molecular weight excluding hydrogens is 278 g/mol. The molecule has 0 radical (unpaired) electrons. The monoisotopic (exact) mass is 289 g/mol. The van der Waals surface area contributed by atoms with E-state index in [0.29, 0.717) is 21.0 Å². The molecule has 0 amide bonds. The summed E-state index contributed by atoms with van der Waals surface area (Å²) < 4.78 is 12.3. The van der Waals surface area contributed by atoms with Crippen LogP contribution in [-0.4, -0.2) is 28.8 Å². The van der Waals surface area contributed by atoms with Crippen LogP contribution in [0.3, 0.4) is 0 Å². The molecule has 3 rings (SSSR count). The maximum atomic E-state index is 12.1. The molecular formula is C13H11N3O3S. The van der Waals surface area contributed by atoms with E-state index in [2.05, 4.69) is 10.1 Å². The van der Waals surface area contributed by atoms with Gasteiger partial charge >= 0.3 is 0 Å². The van der Waals surface area contributed by atoms with E-state index >= 15 is 0 Å². The van der Waals surface area contributed by atoms with E-state index in [9.17, 15) is 4.79 Å². The van der Waals surface area contributed by atoms with Crippen molar-refractivity contribution in [2.45, 2.75) is 0 Å². The number of fused-ring (bicyclic) bond motifs is 1. The van der Waals surface area contributed by atoms with Gasteiger partial charge in [-0.25, -0.2) is 4.98 Å². The van der Waals surface area contributed by atoms with Crippen LogP contribution in [0.25, 0.3) is 11.0 Å². The van der Waals surface area contributed by atoms with Crippen molar-refractivity contribution in [3.8, 4) is 11.5 Å². The van der Waals surface area contributed by atoms with E-state index in [-0.39, 0.29) is 5.56 Å². The SMILES string of the molecule is COc1ccc(OC)c(/C=c2\sc3ncnn3c2=O)c1. The third-order valence-electron chi connectivity index (χ3n) is 2.84. The largest absolute Gasteiger partial charge is 0.497 e. The highest BCUT2D eigenvalue weighted by Gasteiger charge is 2.07. The predicted octanol–water partition coefficient (Wildman–Crippen LogP) is 0.716. The fourth-order valence-electron chi connectivity index (χ4n) is 1.87. The van der Waals surface area contributed by atoms with Gasteiger partial charge in [-0.05, 0) is 24.3 Å². The molecule has 6 nitrogen and oxygen atoms in total. The predicted molar refractivity (Wildman–Crippen MR) is 75.5 cm³/mol. The molecule has 0 atom stereocenters. The van der Waals surface area contributed by atoms with Gasteiger partial charge in [0.05, 0.1) is 18.8 Å². The Morgan fingerprint density at radius 1 is 1.30 bits per heavy atom. The first kappa shape index (κ1) is 12.6. The quantitative estimate of drug-likeness (QED) is 0.710. The number of ether oxygens (including phenoxy) is 2. The molecule has 0 saturated carbocycles. The van der Waals surface area contributed by atoms with Crippen molar-refractivity contribution in [2.75, 3.05) is 14.2 Å². The summed E-state index contributed by atoms with van der Waals surface area (Å²) in [4.78, 5) is 16.7. The number of rotatable bonds is 3. The fraction of sp³-hybridized carbons (Fsp3) is 0.154. The van der Waals surface area contributed by atoms with Crippen LogP contribution in [-0.2, 0) is 0 Å². The first-order chi connectivity index (χ1) is 9.72. The Morgan fingerprint density at radius 3 is 2.85 bits per heavy atom. The lowest BCUT2D eigenvalue weighted by atomic mass is 10.2. The summed E-state index contributed by atoms with van der Waals surface area (Å²) in [6.07, 6.45) is 3.12. The van der Waals surface area contributed by atoms with Gasteiger partial charge in [0.15, 0.2) is 0 Å². The number of methoxy groups -OCH3 is 2. The minimum atomic E-state index is -0.188. The van der Waals surface area contributed by atoms with Gasteiger partial charge < -0.3 is 9.47 Å². The molecule has 102 valence electrons. The van der Waals surface area contributed by atoms with E-state index < -0.39 is 0 Å². The lowest BCUT2D eigenvalue weighted by Gasteiger charge is -2.06. The van der Waals surface area contributed by atoms with E-state index in [4.69, 9.17) is 9.47 Å². The highest BCUT2D eigenvalue weighted by Crippen LogP contribution is 2.24. The topological polar surface area (TPSA) is 65.7 Å². The van der Waals surface area contributed by atoms with Crippen molar-refractivity contribution in [3.63, 3.8) is 0 Å². The van der Waals surface area contributed by atoms with Crippen molar-refractivity contribution < 1.29 is 9.47 Å². The maximum Gasteiger partial charge on any atom is 0.291 e. The van der Waals surface area contributed by atoms with E-state index in [1.165, 1.54) is 22.2 Å². The van der Waals surface area contributed by atoms with Gasteiger partial charge in [-0.3, -0.25) is 4.79 Å². The lowest BCUT2D eigenvalue weighted by molar-refractivity contribution is 0.402. The molecule has 2 aromatic heterocycles. The molecule has 3 aromatic rings. The van der Waals surface area contributed by atoms with Crippen molar-refractivity contribution in [2.24, 2.45) is 0 Å². The van der Waals surface area contributed by atoms with Crippen LogP contribution < -0.4 is 19.6 Å². The molecule has 0 saturated heterocycles. The number of aromatic nitrogens is 3. The van der Waals surface area contributed by atoms with Crippen molar-refractivity contribution >= 4 is 22.4 Å². The summed E-state index contributed by atoms with van der Waals surface area (Å²) in [5, 5.41) is 3.88. The van der Waals surface area contributed by atoms with Crippen molar-refractivity contribution in [3.05, 3.63) is 45.0 Å². The smallest absolute Gasteiger partial charge is 0.291 e. The van der Waals surface area contributed by atoms with Crippen molar-refractivity contribution in [1.82, 2.24) is 14.6 Å². The summed E-state index contributed by atoms with van der Waals surface area (Å²) in [7, 11) is 3.17. The molecule has 0 unspecified atom stereocenters. The Kier molecular flexibility index (Phi) is 3.11. The second kappa shape index (κ2) is 4.93. The number of nitrogens with zero attached hydrogens (tertiary/aromatic N) is 3. The molecule has 2 heterocycles. The molecule has 0 spiro atoms. The fourth-order valence-corrected chi connectivity index (χ4v) is 2.74. The zero-order valence-electron chi connectivity index (χ0n) is 10.9. The van der Waals surface area contributed by atoms with Gasteiger partial charge in [0, 0.05) is 5.56 Å². The zero-order chi connectivity index (χ0) is 14.1. The summed E-state index contributed by atoms with van der Waals surface area (Å²) >= 11 is 1.28. The molecule has 1 aromatic carbocycles. The van der Waals surface area contributed by atoms with Crippen LogP contribution in [0.1, 0.15) is 5.56 Å². The Bertz CT molecular complexity index is 869. The third-order valence-corrected chi connectivity index (χ3v) is 3.82. The molecule has 0 aliphatic rings. The summed E-state index contributed by atoms with van der Waals surface area (Å²) in [6, 6.07) is 5.41. The Hall–Kier alpha value is -2.41. The zero-order valence-corrected chi connectivity index (χ0v) is 11.7. The van der Waals surface area contributed by atoms with Crippen LogP contribution in [0.5, 0.6) is 11.5 Å². The van der Waals surface area contributed by atoms with Gasteiger partial charge in [-0.2, -0.15) is 9.61 Å². The van der Waals surface area contributed by atoms with Crippen LogP contribution in [0.4, 0.5) is 0 Å². The van der Waals surface area contributed by atoms with Crippen LogP contribution in [0.15, 0.2) is 29.3 Å². The summed E-state index contributed by atoms with van der Waals surface area (Å²) in [5.41, 5.74) is 0.584. The normalized spacial score (nSPS) is 12.0. The van der Waals surface area contributed by atoms with Gasteiger partial charge in [0.25, 0.3) is 5.56 Å². The van der Waals surface area contributed by atoms with Crippen molar-refractivity contribution in [1.29, 1.82) is 0 Å². The highest BCUT2D eigenvalue weighted by atomic mass is 32.1. The minimum Gasteiger partial charge on any atom is -0.497 e. The number of hydrogen-bond donors (Lipinski definition) is 0. The number of thiazole rings is 1. The van der Waals surface area contributed by atoms with E-state index in [1.54, 1.807) is 32.4 Å². The molecule has 0 aliphatic heterocycles. The van der Waals surface area contributed by atoms with Crippen LogP contribution in [0.2, 0.25) is 0 Å².